The van der Waals surface area contributed by atoms with E-state index in [2.05, 4.69) is 4.99 Å². The number of aliphatic imine (C=N–C) groups is 1. The van der Waals surface area contributed by atoms with Crippen LogP contribution < -0.4 is 5.73 Å². The molecule has 5 nitrogen and oxygen atoms in total. The fourth-order valence-electron chi connectivity index (χ4n) is 1.62. The molecule has 20 heavy (non-hydrogen) atoms. The Morgan fingerprint density at radius 1 is 1.40 bits per heavy atom. The van der Waals surface area contributed by atoms with Crippen molar-refractivity contribution in [2.24, 2.45) is 10.7 Å². The Morgan fingerprint density at radius 3 is 2.50 bits per heavy atom. The Hall–Kier alpha value is -2.09. The number of carboxylic acids is 1. The molecular formula is C12H13F3N2O3. The number of halogens is 3. The first-order chi connectivity index (χ1) is 9.25. The molecule has 0 amide bonds. The highest BCUT2D eigenvalue weighted by Crippen LogP contribution is 2.35. The Bertz CT molecular complexity index is 515. The monoisotopic (exact) mass is 290 g/mol. The van der Waals surface area contributed by atoms with Crippen LogP contribution in [0.1, 0.15) is 17.9 Å². The van der Waals surface area contributed by atoms with Crippen molar-refractivity contribution in [3.05, 3.63) is 23.8 Å². The number of carboxylic acid groups (broad SMARTS) is 1. The van der Waals surface area contributed by atoms with Crippen LogP contribution in [-0.2, 0) is 4.79 Å². The maximum atomic E-state index is 10.6. The summed E-state index contributed by atoms with van der Waals surface area (Å²) in [5.74, 6) is -2.18. The van der Waals surface area contributed by atoms with Crippen molar-refractivity contribution in [3.8, 4) is 5.75 Å². The highest BCUT2D eigenvalue weighted by Gasteiger charge is 2.38. The summed E-state index contributed by atoms with van der Waals surface area (Å²) in [5.41, 5.74) is 7.52. The highest BCUT2D eigenvalue weighted by molar-refractivity contribution is 5.81. The summed E-state index contributed by atoms with van der Waals surface area (Å²) in [6.07, 6.45) is -2.29. The molecule has 0 bridgehead atoms. The fourth-order valence-corrected chi connectivity index (χ4v) is 1.62. The number of phenols is 1. The Morgan fingerprint density at radius 2 is 2.00 bits per heavy atom. The Kier molecular flexibility index (Phi) is 5.09. The van der Waals surface area contributed by atoms with E-state index in [9.17, 15) is 18.3 Å². The van der Waals surface area contributed by atoms with Crippen LogP contribution in [0.3, 0.4) is 0 Å². The van der Waals surface area contributed by atoms with Crippen LogP contribution in [0.5, 0.6) is 5.75 Å². The molecule has 1 atom stereocenters. The number of nitrogens with two attached hydrogens (primary N) is 1. The van der Waals surface area contributed by atoms with Gasteiger partial charge in [-0.25, -0.2) is 4.79 Å². The standard InChI is InChI=1S/C10H12N2O.C2HF3O2/c11-4-3-7-6-12-10-2-1-8(13)5-9(7)10;3-2(4,5)1(6)7/h1-2,5-7,13H,3-4,11H2;(H,6,7). The number of rotatable bonds is 2. The number of fused-ring (bicyclic) bond motifs is 1. The van der Waals surface area contributed by atoms with E-state index in [-0.39, 0.29) is 5.92 Å². The minimum atomic E-state index is -5.08. The summed E-state index contributed by atoms with van der Waals surface area (Å²) in [4.78, 5) is 13.1. The zero-order valence-corrected chi connectivity index (χ0v) is 10.3. The predicted molar refractivity (Wildman–Crippen MR) is 66.4 cm³/mol. The molecular weight excluding hydrogens is 277 g/mol. The molecule has 1 heterocycles. The Labute approximate surface area is 112 Å². The number of phenolic OH excluding ortho intramolecular Hbond substituents is 1. The maximum Gasteiger partial charge on any atom is 0.490 e. The van der Waals surface area contributed by atoms with Crippen LogP contribution >= 0.6 is 0 Å². The van der Waals surface area contributed by atoms with Gasteiger partial charge < -0.3 is 15.9 Å². The zero-order valence-electron chi connectivity index (χ0n) is 10.3. The van der Waals surface area contributed by atoms with Gasteiger partial charge >= 0.3 is 12.1 Å². The lowest BCUT2D eigenvalue weighted by Gasteiger charge is -2.07. The molecule has 0 saturated heterocycles. The fraction of sp³-hybridized carbons (Fsp3) is 0.333. The molecule has 1 unspecified atom stereocenters. The summed E-state index contributed by atoms with van der Waals surface area (Å²) in [6.45, 7) is 0.645. The van der Waals surface area contributed by atoms with Crippen molar-refractivity contribution in [1.82, 2.24) is 0 Å². The topological polar surface area (TPSA) is 95.9 Å². The van der Waals surface area contributed by atoms with Gasteiger partial charge in [0.1, 0.15) is 5.75 Å². The molecule has 1 aromatic rings. The number of aliphatic carboxylic acids is 1. The number of aromatic hydroxyl groups is 1. The second kappa shape index (κ2) is 6.38. The Balaban J connectivity index is 0.000000246. The van der Waals surface area contributed by atoms with Crippen molar-refractivity contribution in [2.45, 2.75) is 18.5 Å². The summed E-state index contributed by atoms with van der Waals surface area (Å²) in [5, 5.41) is 16.4. The highest BCUT2D eigenvalue weighted by atomic mass is 19.4. The first kappa shape index (κ1) is 16.0. The molecule has 1 aliphatic heterocycles. The van der Waals surface area contributed by atoms with Crippen LogP contribution in [0.15, 0.2) is 23.2 Å². The van der Waals surface area contributed by atoms with E-state index in [4.69, 9.17) is 15.6 Å². The first-order valence-electron chi connectivity index (χ1n) is 5.63. The van der Waals surface area contributed by atoms with Crippen molar-refractivity contribution in [1.29, 1.82) is 0 Å². The van der Waals surface area contributed by atoms with E-state index >= 15 is 0 Å². The van der Waals surface area contributed by atoms with Gasteiger partial charge in [0, 0.05) is 12.1 Å². The van der Waals surface area contributed by atoms with Crippen molar-refractivity contribution >= 4 is 17.9 Å². The zero-order chi connectivity index (χ0) is 15.3. The van der Waals surface area contributed by atoms with Crippen molar-refractivity contribution in [3.63, 3.8) is 0 Å². The number of nitrogens with zero attached hydrogens (tertiary/aromatic N) is 1. The number of carbonyl (C=O) groups is 1. The van der Waals surface area contributed by atoms with E-state index in [1.54, 1.807) is 12.1 Å². The first-order valence-corrected chi connectivity index (χ1v) is 5.63. The molecule has 2 rings (SSSR count). The second-order valence-electron chi connectivity index (χ2n) is 4.01. The lowest BCUT2D eigenvalue weighted by molar-refractivity contribution is -0.192. The number of benzene rings is 1. The largest absolute Gasteiger partial charge is 0.508 e. The average molecular weight is 290 g/mol. The van der Waals surface area contributed by atoms with Crippen LogP contribution in [0.25, 0.3) is 0 Å². The summed E-state index contributed by atoms with van der Waals surface area (Å²) >= 11 is 0. The van der Waals surface area contributed by atoms with Gasteiger partial charge in [-0.3, -0.25) is 4.99 Å². The maximum absolute atomic E-state index is 10.6. The molecule has 0 aliphatic carbocycles. The SMILES string of the molecule is NCCC1C=Nc2ccc(O)cc21.O=C(O)C(F)(F)F. The summed E-state index contributed by atoms with van der Waals surface area (Å²) in [7, 11) is 0. The lowest BCUT2D eigenvalue weighted by Crippen LogP contribution is -2.21. The van der Waals surface area contributed by atoms with E-state index in [0.717, 1.165) is 17.7 Å². The smallest absolute Gasteiger partial charge is 0.490 e. The minimum absolute atomic E-state index is 0.284. The number of alkyl halides is 3. The van der Waals surface area contributed by atoms with Gasteiger partial charge in [0.25, 0.3) is 0 Å². The average Bonchev–Trinajstić information content (AvgIpc) is 2.72. The van der Waals surface area contributed by atoms with Gasteiger partial charge in [0.2, 0.25) is 0 Å². The molecule has 0 spiro atoms. The predicted octanol–water partition coefficient (Wildman–Crippen LogP) is 2.17. The van der Waals surface area contributed by atoms with Crippen LogP contribution in [0.2, 0.25) is 0 Å². The molecule has 0 fully saturated rings. The van der Waals surface area contributed by atoms with Gasteiger partial charge in [-0.15, -0.1) is 0 Å². The molecule has 4 N–H and O–H groups in total. The third kappa shape index (κ3) is 4.23. The molecule has 0 saturated carbocycles. The lowest BCUT2D eigenvalue weighted by atomic mass is 9.98. The quantitative estimate of drug-likeness (QED) is 0.777. The van der Waals surface area contributed by atoms with Crippen molar-refractivity contribution < 1.29 is 28.2 Å². The van der Waals surface area contributed by atoms with Gasteiger partial charge in [0.05, 0.1) is 5.69 Å². The minimum Gasteiger partial charge on any atom is -0.508 e. The van der Waals surface area contributed by atoms with Gasteiger partial charge in [-0.1, -0.05) is 0 Å². The van der Waals surface area contributed by atoms with E-state index in [1.165, 1.54) is 0 Å². The van der Waals surface area contributed by atoms with Gasteiger partial charge in [0.15, 0.2) is 0 Å². The normalized spacial score (nSPS) is 16.3. The molecule has 8 heteroatoms. The number of hydrogen-bond donors (Lipinski definition) is 3. The van der Waals surface area contributed by atoms with E-state index < -0.39 is 12.1 Å². The van der Waals surface area contributed by atoms with Crippen molar-refractivity contribution in [2.75, 3.05) is 6.54 Å². The van der Waals surface area contributed by atoms with E-state index in [0.29, 0.717) is 12.3 Å². The summed E-state index contributed by atoms with van der Waals surface area (Å²) < 4.78 is 31.7. The van der Waals surface area contributed by atoms with Gasteiger partial charge in [-0.2, -0.15) is 13.2 Å². The number of hydrogen-bond acceptors (Lipinski definition) is 4. The third-order valence-electron chi connectivity index (χ3n) is 2.52. The molecule has 1 aromatic carbocycles. The van der Waals surface area contributed by atoms with Gasteiger partial charge in [-0.05, 0) is 36.7 Å². The molecule has 0 radical (unpaired) electrons. The van der Waals surface area contributed by atoms with E-state index in [1.807, 2.05) is 12.3 Å². The molecule has 1 aliphatic rings. The summed E-state index contributed by atoms with van der Waals surface area (Å²) in [6, 6.07) is 5.25. The molecule has 110 valence electrons. The van der Waals surface area contributed by atoms with Crippen LogP contribution in [-0.4, -0.2) is 35.1 Å². The molecule has 0 aromatic heterocycles. The van der Waals surface area contributed by atoms with Crippen LogP contribution in [0.4, 0.5) is 18.9 Å². The third-order valence-corrected chi connectivity index (χ3v) is 2.52. The van der Waals surface area contributed by atoms with Crippen LogP contribution in [0, 0.1) is 0 Å². The second-order valence-corrected chi connectivity index (χ2v) is 4.01.